The molecule has 0 heterocycles. The molecule has 0 radical (unpaired) electrons. The van der Waals surface area contributed by atoms with Crippen molar-refractivity contribution in [2.75, 3.05) is 18.1 Å². The number of aliphatic hydroxyl groups excluding tert-OH is 1. The van der Waals surface area contributed by atoms with Crippen LogP contribution in [0.2, 0.25) is 0 Å². The van der Waals surface area contributed by atoms with Crippen molar-refractivity contribution in [3.05, 3.63) is 89.5 Å². The zero-order chi connectivity index (χ0) is 26.3. The summed E-state index contributed by atoms with van der Waals surface area (Å²) in [6.45, 7) is 6.61. The summed E-state index contributed by atoms with van der Waals surface area (Å²) < 4.78 is 25.1. The molecule has 0 unspecified atom stereocenters. The molecule has 1 amide bonds. The minimum atomic E-state index is -3.66. The van der Waals surface area contributed by atoms with E-state index in [9.17, 15) is 18.3 Å². The maximum absolute atomic E-state index is 12.5. The molecule has 7 nitrogen and oxygen atoms in total. The van der Waals surface area contributed by atoms with Gasteiger partial charge in [0.05, 0.1) is 17.9 Å². The maximum atomic E-state index is 12.5. The van der Waals surface area contributed by atoms with E-state index in [1.54, 1.807) is 6.07 Å². The number of nitrogens with one attached hydrogen (secondary N) is 3. The number of benzene rings is 3. The van der Waals surface area contributed by atoms with Gasteiger partial charge in [-0.1, -0.05) is 60.7 Å². The van der Waals surface area contributed by atoms with E-state index in [2.05, 4.69) is 22.8 Å². The molecule has 8 heteroatoms. The van der Waals surface area contributed by atoms with Crippen LogP contribution < -0.4 is 15.4 Å². The summed E-state index contributed by atoms with van der Waals surface area (Å²) >= 11 is 0. The second-order valence-electron chi connectivity index (χ2n) is 9.31. The third-order valence-corrected chi connectivity index (χ3v) is 6.32. The van der Waals surface area contributed by atoms with Gasteiger partial charge in [-0.15, -0.1) is 0 Å². The van der Waals surface area contributed by atoms with Crippen molar-refractivity contribution in [2.45, 2.75) is 45.4 Å². The fourth-order valence-corrected chi connectivity index (χ4v) is 4.38. The molecule has 192 valence electrons. The van der Waals surface area contributed by atoms with Gasteiger partial charge < -0.3 is 15.7 Å². The Balaban J connectivity index is 1.66. The predicted octanol–water partition coefficient (Wildman–Crippen LogP) is 4.12. The lowest BCUT2D eigenvalue weighted by atomic mass is 9.99. The summed E-state index contributed by atoms with van der Waals surface area (Å²) in [5.41, 5.74) is 4.81. The Bertz CT molecular complexity index is 1260. The first kappa shape index (κ1) is 27.4. The van der Waals surface area contributed by atoms with Crippen molar-refractivity contribution in [3.63, 3.8) is 0 Å². The number of rotatable bonds is 11. The Hall–Kier alpha value is -3.20. The lowest BCUT2D eigenvalue weighted by Crippen LogP contribution is -2.33. The number of amides is 1. The molecule has 0 aromatic heterocycles. The number of anilines is 1. The highest BCUT2D eigenvalue weighted by molar-refractivity contribution is 7.89. The molecule has 3 rings (SSSR count). The minimum Gasteiger partial charge on any atom is -0.387 e. The van der Waals surface area contributed by atoms with E-state index in [1.165, 1.54) is 0 Å². The van der Waals surface area contributed by atoms with Gasteiger partial charge in [-0.25, -0.2) is 13.1 Å². The van der Waals surface area contributed by atoms with Gasteiger partial charge in [0.25, 0.3) is 5.91 Å². The number of carbonyl (C=O) groups is 1. The molecule has 0 fully saturated rings. The van der Waals surface area contributed by atoms with E-state index in [0.717, 1.165) is 41.5 Å². The normalized spacial score (nSPS) is 13.3. The molecule has 0 aliphatic rings. The molecule has 3 aromatic rings. The summed E-state index contributed by atoms with van der Waals surface area (Å²) in [5.74, 6) is -0.665. The van der Waals surface area contributed by atoms with Gasteiger partial charge in [-0.05, 0) is 68.1 Å². The van der Waals surface area contributed by atoms with Gasteiger partial charge in [-0.2, -0.15) is 0 Å². The van der Waals surface area contributed by atoms with Crippen LogP contribution in [0, 0.1) is 0 Å². The highest BCUT2D eigenvalue weighted by Gasteiger charge is 2.17. The largest absolute Gasteiger partial charge is 0.387 e. The zero-order valence-corrected chi connectivity index (χ0v) is 22.0. The Morgan fingerprint density at radius 3 is 2.17 bits per heavy atom. The number of hydrogen-bond acceptors (Lipinski definition) is 6. The van der Waals surface area contributed by atoms with Crippen molar-refractivity contribution in [1.29, 1.82) is 0 Å². The molecule has 36 heavy (non-hydrogen) atoms. The smallest absolute Gasteiger partial charge is 0.266 e. The first-order chi connectivity index (χ1) is 17.0. The molecule has 2 atom stereocenters. The van der Waals surface area contributed by atoms with Gasteiger partial charge in [0, 0.05) is 17.8 Å². The SMILES string of the molecule is CC(C)Nc1cc(-c2ccc(CCN[C@@H](C)[C@H](O)c3ccccc3)cc2)ccc1C(=O)NS(C)(=O)=O. The van der Waals surface area contributed by atoms with Crippen LogP contribution in [0.15, 0.2) is 72.8 Å². The fraction of sp³-hybridized carbons (Fsp3) is 0.321. The average Bonchev–Trinajstić information content (AvgIpc) is 2.83. The van der Waals surface area contributed by atoms with Gasteiger partial charge in [0.15, 0.2) is 0 Å². The van der Waals surface area contributed by atoms with E-state index in [0.29, 0.717) is 5.69 Å². The Morgan fingerprint density at radius 1 is 0.917 bits per heavy atom. The molecule has 0 aliphatic carbocycles. The summed E-state index contributed by atoms with van der Waals surface area (Å²) in [6.07, 6.45) is 1.21. The first-order valence-electron chi connectivity index (χ1n) is 12.0. The van der Waals surface area contributed by atoms with Gasteiger partial charge in [0.1, 0.15) is 0 Å². The number of sulfonamides is 1. The first-order valence-corrected chi connectivity index (χ1v) is 13.9. The van der Waals surface area contributed by atoms with Crippen LogP contribution in [0.4, 0.5) is 5.69 Å². The summed E-state index contributed by atoms with van der Waals surface area (Å²) in [4.78, 5) is 12.5. The third kappa shape index (κ3) is 7.91. The summed E-state index contributed by atoms with van der Waals surface area (Å²) in [5, 5.41) is 17.1. The monoisotopic (exact) mass is 509 g/mol. The van der Waals surface area contributed by atoms with Crippen LogP contribution in [0.5, 0.6) is 0 Å². The fourth-order valence-electron chi connectivity index (χ4n) is 3.93. The van der Waals surface area contributed by atoms with Crippen LogP contribution >= 0.6 is 0 Å². The Kier molecular flexibility index (Phi) is 9.25. The van der Waals surface area contributed by atoms with Crippen molar-refractivity contribution in [3.8, 4) is 11.1 Å². The molecule has 0 aliphatic heterocycles. The van der Waals surface area contributed by atoms with Crippen LogP contribution in [0.3, 0.4) is 0 Å². The lowest BCUT2D eigenvalue weighted by molar-refractivity contribution is 0.0982. The lowest BCUT2D eigenvalue weighted by Gasteiger charge is -2.20. The molecular formula is C28H35N3O4S. The molecule has 3 aromatic carbocycles. The Morgan fingerprint density at radius 2 is 1.56 bits per heavy atom. The average molecular weight is 510 g/mol. The summed E-state index contributed by atoms with van der Waals surface area (Å²) in [7, 11) is -3.66. The maximum Gasteiger partial charge on any atom is 0.266 e. The minimum absolute atomic E-state index is 0.0581. The Labute approximate surface area is 214 Å². The van der Waals surface area contributed by atoms with Crippen LogP contribution in [0.25, 0.3) is 11.1 Å². The highest BCUT2D eigenvalue weighted by Crippen LogP contribution is 2.27. The number of aliphatic hydroxyl groups is 1. The zero-order valence-electron chi connectivity index (χ0n) is 21.2. The number of carbonyl (C=O) groups excluding carboxylic acids is 1. The van der Waals surface area contributed by atoms with Gasteiger partial charge in [0.2, 0.25) is 10.0 Å². The van der Waals surface area contributed by atoms with Crippen molar-refractivity contribution in [1.82, 2.24) is 10.0 Å². The van der Waals surface area contributed by atoms with Crippen molar-refractivity contribution >= 4 is 21.6 Å². The molecular weight excluding hydrogens is 474 g/mol. The van der Waals surface area contributed by atoms with Gasteiger partial charge >= 0.3 is 0 Å². The van der Waals surface area contributed by atoms with E-state index < -0.39 is 22.0 Å². The van der Waals surface area contributed by atoms with Crippen molar-refractivity contribution in [2.24, 2.45) is 0 Å². The predicted molar refractivity (Wildman–Crippen MR) is 146 cm³/mol. The standard InChI is InChI=1S/C28H35N3O4S/c1-19(2)30-26-18-24(14-15-25(26)28(33)31-36(4,34)35)22-12-10-21(11-13-22)16-17-29-20(3)27(32)23-8-6-5-7-9-23/h5-15,18-20,27,29-30,32H,16-17H2,1-4H3,(H,31,33)/t20-,27-/m0/s1. The third-order valence-electron chi connectivity index (χ3n) is 5.77. The van der Waals surface area contributed by atoms with Crippen LogP contribution in [-0.4, -0.2) is 44.3 Å². The quantitative estimate of drug-likeness (QED) is 0.310. The van der Waals surface area contributed by atoms with Crippen molar-refractivity contribution < 1.29 is 18.3 Å². The second-order valence-corrected chi connectivity index (χ2v) is 11.1. The van der Waals surface area contributed by atoms with Crippen LogP contribution in [0.1, 0.15) is 48.4 Å². The second kappa shape index (κ2) is 12.2. The molecule has 0 saturated heterocycles. The van der Waals surface area contributed by atoms with E-state index >= 15 is 0 Å². The van der Waals surface area contributed by atoms with E-state index in [-0.39, 0.29) is 17.6 Å². The molecule has 0 saturated carbocycles. The number of hydrogen-bond donors (Lipinski definition) is 4. The highest BCUT2D eigenvalue weighted by atomic mass is 32.2. The summed E-state index contributed by atoms with van der Waals surface area (Å²) in [6, 6.07) is 23.1. The van der Waals surface area contributed by atoms with Gasteiger partial charge in [-0.3, -0.25) is 4.79 Å². The van der Waals surface area contributed by atoms with E-state index in [4.69, 9.17) is 0 Å². The topological polar surface area (TPSA) is 108 Å². The molecule has 0 spiro atoms. The molecule has 4 N–H and O–H groups in total. The molecule has 0 bridgehead atoms. The van der Waals surface area contributed by atoms with Crippen LogP contribution in [-0.2, 0) is 16.4 Å². The van der Waals surface area contributed by atoms with E-state index in [1.807, 2.05) is 80.1 Å².